The summed E-state index contributed by atoms with van der Waals surface area (Å²) in [5, 5.41) is 0. The van der Waals surface area contributed by atoms with E-state index < -0.39 is 23.3 Å². The molecule has 0 radical (unpaired) electrons. The first kappa shape index (κ1) is 14.2. The lowest BCUT2D eigenvalue weighted by atomic mass is 9.82. The average Bonchev–Trinajstić information content (AvgIpc) is 2.75. The van der Waals surface area contributed by atoms with Gasteiger partial charge in [-0.2, -0.15) is 0 Å². The molecule has 1 heterocycles. The number of hydrogen-bond donors (Lipinski definition) is 0. The summed E-state index contributed by atoms with van der Waals surface area (Å²) in [5.41, 5.74) is -1.37. The van der Waals surface area contributed by atoms with Gasteiger partial charge in [0.2, 0.25) is 0 Å². The first-order valence-corrected chi connectivity index (χ1v) is 5.69. The van der Waals surface area contributed by atoms with Crippen molar-refractivity contribution >= 4 is 17.9 Å². The summed E-state index contributed by atoms with van der Waals surface area (Å²) in [6.45, 7) is 4.80. The van der Waals surface area contributed by atoms with Crippen LogP contribution in [0.15, 0.2) is 11.6 Å². The molecule has 18 heavy (non-hydrogen) atoms. The number of rotatable bonds is 5. The molecule has 1 aliphatic heterocycles. The maximum absolute atomic E-state index is 11.9. The monoisotopic (exact) mass is 256 g/mol. The fourth-order valence-corrected chi connectivity index (χ4v) is 1.56. The van der Waals surface area contributed by atoms with Crippen molar-refractivity contribution in [3.8, 4) is 0 Å². The van der Waals surface area contributed by atoms with Gasteiger partial charge in [-0.1, -0.05) is 0 Å². The van der Waals surface area contributed by atoms with Gasteiger partial charge in [-0.3, -0.25) is 9.59 Å². The Balaban J connectivity index is 3.08. The molecule has 0 N–H and O–H groups in total. The Morgan fingerprint density at radius 2 is 1.78 bits per heavy atom. The Morgan fingerprint density at radius 1 is 1.28 bits per heavy atom. The normalized spacial score (nSPS) is 14.8. The van der Waals surface area contributed by atoms with Crippen molar-refractivity contribution in [1.29, 1.82) is 0 Å². The van der Waals surface area contributed by atoms with E-state index in [0.717, 1.165) is 6.08 Å². The van der Waals surface area contributed by atoms with E-state index in [1.165, 1.54) is 6.92 Å². The number of ether oxygens (including phenoxy) is 3. The number of carbonyl (C=O) groups excluding carboxylic acids is 3. The number of cyclic esters (lactones) is 1. The van der Waals surface area contributed by atoms with E-state index in [9.17, 15) is 14.4 Å². The van der Waals surface area contributed by atoms with Gasteiger partial charge in [0.05, 0.1) is 13.2 Å². The average molecular weight is 256 g/mol. The minimum absolute atomic E-state index is 0.104. The molecule has 0 unspecified atom stereocenters. The SMILES string of the molecule is CCOC(=O)C(C)(C(=O)OCC)C1=CC(=O)OC1. The highest BCUT2D eigenvalue weighted by Crippen LogP contribution is 2.33. The standard InChI is InChI=1S/C12H16O6/c1-4-16-10(14)12(3,11(15)17-5-2)8-6-9(13)18-7-8/h6H,4-5,7H2,1-3H3. The first-order chi connectivity index (χ1) is 8.46. The Hall–Kier alpha value is -1.85. The van der Waals surface area contributed by atoms with E-state index >= 15 is 0 Å². The molecule has 0 saturated carbocycles. The largest absolute Gasteiger partial charge is 0.465 e. The maximum Gasteiger partial charge on any atom is 0.331 e. The van der Waals surface area contributed by atoms with Crippen LogP contribution < -0.4 is 0 Å². The Labute approximate surface area is 105 Å². The van der Waals surface area contributed by atoms with Crippen molar-refractivity contribution in [3.05, 3.63) is 11.6 Å². The van der Waals surface area contributed by atoms with Gasteiger partial charge in [0.15, 0.2) is 5.41 Å². The molecule has 0 bridgehead atoms. The van der Waals surface area contributed by atoms with E-state index in [1.807, 2.05) is 0 Å². The molecule has 1 rings (SSSR count). The molecular weight excluding hydrogens is 240 g/mol. The quantitative estimate of drug-likeness (QED) is 0.407. The van der Waals surface area contributed by atoms with Gasteiger partial charge in [0.25, 0.3) is 0 Å². The molecule has 0 spiro atoms. The van der Waals surface area contributed by atoms with Crippen molar-refractivity contribution in [2.75, 3.05) is 19.8 Å². The molecule has 100 valence electrons. The van der Waals surface area contributed by atoms with E-state index in [-0.39, 0.29) is 25.4 Å². The van der Waals surface area contributed by atoms with E-state index in [1.54, 1.807) is 13.8 Å². The molecule has 0 aliphatic carbocycles. The van der Waals surface area contributed by atoms with Crippen LogP contribution >= 0.6 is 0 Å². The lowest BCUT2D eigenvalue weighted by Crippen LogP contribution is -2.41. The molecule has 1 aliphatic rings. The van der Waals surface area contributed by atoms with Gasteiger partial charge >= 0.3 is 17.9 Å². The molecule has 6 nitrogen and oxygen atoms in total. The molecular formula is C12H16O6. The van der Waals surface area contributed by atoms with Crippen molar-refractivity contribution in [2.24, 2.45) is 5.41 Å². The lowest BCUT2D eigenvalue weighted by molar-refractivity contribution is -0.168. The Bertz CT molecular complexity index is 377. The maximum atomic E-state index is 11.9. The molecule has 0 aromatic carbocycles. The summed E-state index contributed by atoms with van der Waals surface area (Å²) in [5.74, 6) is -2.06. The van der Waals surface area contributed by atoms with Crippen molar-refractivity contribution in [3.63, 3.8) is 0 Å². The van der Waals surface area contributed by atoms with Crippen LogP contribution in [0.25, 0.3) is 0 Å². The highest BCUT2D eigenvalue weighted by Gasteiger charge is 2.49. The topological polar surface area (TPSA) is 78.9 Å². The number of hydrogen-bond acceptors (Lipinski definition) is 6. The number of esters is 3. The summed E-state index contributed by atoms with van der Waals surface area (Å²) < 4.78 is 14.5. The Morgan fingerprint density at radius 3 is 2.11 bits per heavy atom. The van der Waals surface area contributed by atoms with Gasteiger partial charge in [0, 0.05) is 11.6 Å². The highest BCUT2D eigenvalue weighted by molar-refractivity contribution is 6.05. The van der Waals surface area contributed by atoms with Gasteiger partial charge in [-0.15, -0.1) is 0 Å². The third-order valence-electron chi connectivity index (χ3n) is 2.67. The zero-order valence-corrected chi connectivity index (χ0v) is 10.6. The van der Waals surface area contributed by atoms with Gasteiger partial charge < -0.3 is 14.2 Å². The summed E-state index contributed by atoms with van der Waals surface area (Å²) in [7, 11) is 0. The van der Waals surface area contributed by atoms with Crippen LogP contribution in [0, 0.1) is 5.41 Å². The van der Waals surface area contributed by atoms with Crippen molar-refractivity contribution < 1.29 is 28.6 Å². The summed E-state index contributed by atoms with van der Waals surface area (Å²) in [4.78, 5) is 34.9. The highest BCUT2D eigenvalue weighted by atomic mass is 16.6. The molecule has 6 heteroatoms. The van der Waals surface area contributed by atoms with E-state index in [0.29, 0.717) is 0 Å². The molecule has 0 atom stereocenters. The zero-order valence-electron chi connectivity index (χ0n) is 10.6. The third kappa shape index (κ3) is 2.52. The summed E-state index contributed by atoms with van der Waals surface area (Å²) in [6.07, 6.45) is 1.13. The van der Waals surface area contributed by atoms with Crippen LogP contribution in [0.5, 0.6) is 0 Å². The van der Waals surface area contributed by atoms with E-state index in [2.05, 4.69) is 0 Å². The van der Waals surface area contributed by atoms with Crippen LogP contribution in [0.4, 0.5) is 0 Å². The second-order valence-electron chi connectivity index (χ2n) is 3.84. The molecule has 0 aromatic rings. The first-order valence-electron chi connectivity index (χ1n) is 5.69. The van der Waals surface area contributed by atoms with E-state index in [4.69, 9.17) is 14.2 Å². The van der Waals surface area contributed by atoms with Gasteiger partial charge in [0.1, 0.15) is 6.61 Å². The van der Waals surface area contributed by atoms with Crippen LogP contribution in [0.2, 0.25) is 0 Å². The smallest absolute Gasteiger partial charge is 0.331 e. The van der Waals surface area contributed by atoms with Gasteiger partial charge in [-0.05, 0) is 20.8 Å². The van der Waals surface area contributed by atoms with Crippen molar-refractivity contribution in [1.82, 2.24) is 0 Å². The van der Waals surface area contributed by atoms with Crippen LogP contribution in [0.1, 0.15) is 20.8 Å². The van der Waals surface area contributed by atoms with Crippen LogP contribution in [-0.4, -0.2) is 37.7 Å². The molecule has 0 amide bonds. The second-order valence-corrected chi connectivity index (χ2v) is 3.84. The zero-order chi connectivity index (χ0) is 13.8. The predicted octanol–water partition coefficient (Wildman–Crippen LogP) is 0.602. The molecule has 0 fully saturated rings. The Kier molecular flexibility index (Phi) is 4.47. The lowest BCUT2D eigenvalue weighted by Gasteiger charge is -2.25. The van der Waals surface area contributed by atoms with Gasteiger partial charge in [-0.25, -0.2) is 4.79 Å². The van der Waals surface area contributed by atoms with Crippen LogP contribution in [0.3, 0.4) is 0 Å². The predicted molar refractivity (Wildman–Crippen MR) is 60.4 cm³/mol. The van der Waals surface area contributed by atoms with Crippen molar-refractivity contribution in [2.45, 2.75) is 20.8 Å². The second kappa shape index (κ2) is 5.66. The summed E-state index contributed by atoms with van der Waals surface area (Å²) in [6, 6.07) is 0. The molecule has 0 saturated heterocycles. The van der Waals surface area contributed by atoms with Crippen LogP contribution in [-0.2, 0) is 28.6 Å². The molecule has 0 aromatic heterocycles. The minimum Gasteiger partial charge on any atom is -0.465 e. The summed E-state index contributed by atoms with van der Waals surface area (Å²) >= 11 is 0. The fraction of sp³-hybridized carbons (Fsp3) is 0.583. The number of carbonyl (C=O) groups is 3. The third-order valence-corrected chi connectivity index (χ3v) is 2.67. The fourth-order valence-electron chi connectivity index (χ4n) is 1.56. The minimum atomic E-state index is -1.63.